The van der Waals surface area contributed by atoms with Crippen LogP contribution in [0.25, 0.3) is 11.2 Å². The van der Waals surface area contributed by atoms with Gasteiger partial charge in [0.15, 0.2) is 5.65 Å². The third-order valence-corrected chi connectivity index (χ3v) is 4.87. The van der Waals surface area contributed by atoms with Crippen molar-refractivity contribution in [3.8, 4) is 0 Å². The van der Waals surface area contributed by atoms with Gasteiger partial charge in [-0.15, -0.1) is 0 Å². The molecule has 4 rings (SSSR count). The number of hydrogen-bond donors (Lipinski definition) is 0. The zero-order valence-corrected chi connectivity index (χ0v) is 14.2. The van der Waals surface area contributed by atoms with Gasteiger partial charge in [0.05, 0.1) is 0 Å². The minimum Gasteiger partial charge on any atom is -0.302 e. The molecule has 1 aliphatic rings. The highest BCUT2D eigenvalue weighted by Crippen LogP contribution is 2.36. The van der Waals surface area contributed by atoms with Crippen LogP contribution in [0.15, 0.2) is 48.7 Å². The van der Waals surface area contributed by atoms with Crippen LogP contribution in [0, 0.1) is 0 Å². The van der Waals surface area contributed by atoms with E-state index in [0.717, 1.165) is 19.6 Å². The molecule has 1 aliphatic heterocycles. The molecule has 0 aliphatic carbocycles. The lowest BCUT2D eigenvalue weighted by atomic mass is 10.0. The van der Waals surface area contributed by atoms with Crippen LogP contribution in [-0.2, 0) is 12.7 Å². The van der Waals surface area contributed by atoms with Gasteiger partial charge in [0.1, 0.15) is 5.52 Å². The second-order valence-electron chi connectivity index (χ2n) is 6.64. The lowest BCUT2D eigenvalue weighted by molar-refractivity contribution is -0.148. The summed E-state index contributed by atoms with van der Waals surface area (Å²) in [5.74, 6) is -0.840. The van der Waals surface area contributed by atoms with Gasteiger partial charge in [-0.25, -0.2) is 9.97 Å². The van der Waals surface area contributed by atoms with Gasteiger partial charge in [0.25, 0.3) is 0 Å². The fraction of sp³-hybridized carbons (Fsp3) is 0.368. The molecule has 26 heavy (non-hydrogen) atoms. The number of halogens is 3. The largest absolute Gasteiger partial charge is 0.449 e. The zero-order valence-electron chi connectivity index (χ0n) is 14.2. The summed E-state index contributed by atoms with van der Waals surface area (Å²) < 4.78 is 41.8. The number of hydrogen-bond acceptors (Lipinski definition) is 3. The molecule has 4 nitrogen and oxygen atoms in total. The van der Waals surface area contributed by atoms with E-state index in [4.69, 9.17) is 0 Å². The van der Waals surface area contributed by atoms with Crippen molar-refractivity contribution in [2.45, 2.75) is 31.6 Å². The van der Waals surface area contributed by atoms with Crippen molar-refractivity contribution in [1.29, 1.82) is 0 Å². The number of nitrogens with zero attached hydrogens (tertiary/aromatic N) is 4. The average molecular weight is 360 g/mol. The molecule has 1 aromatic carbocycles. The van der Waals surface area contributed by atoms with Crippen LogP contribution in [-0.4, -0.2) is 32.5 Å². The molecule has 136 valence electrons. The zero-order chi connectivity index (χ0) is 18.1. The maximum atomic E-state index is 13.5. The predicted molar refractivity (Wildman–Crippen MR) is 92.5 cm³/mol. The Morgan fingerprint density at radius 3 is 2.42 bits per heavy atom. The third kappa shape index (κ3) is 3.31. The summed E-state index contributed by atoms with van der Waals surface area (Å²) in [6, 6.07) is 13.1. The van der Waals surface area contributed by atoms with E-state index in [-0.39, 0.29) is 6.04 Å². The molecule has 7 heteroatoms. The summed E-state index contributed by atoms with van der Waals surface area (Å²) in [7, 11) is 0. The molecule has 0 bridgehead atoms. The highest BCUT2D eigenvalue weighted by molar-refractivity contribution is 5.71. The van der Waals surface area contributed by atoms with Crippen LogP contribution in [0.5, 0.6) is 0 Å². The van der Waals surface area contributed by atoms with Crippen molar-refractivity contribution in [3.05, 3.63) is 60.0 Å². The maximum Gasteiger partial charge on any atom is 0.449 e. The van der Waals surface area contributed by atoms with Crippen molar-refractivity contribution in [3.63, 3.8) is 0 Å². The summed E-state index contributed by atoms with van der Waals surface area (Å²) in [5, 5.41) is 0. The van der Waals surface area contributed by atoms with Crippen molar-refractivity contribution in [2.75, 3.05) is 13.1 Å². The number of likely N-dealkylation sites (tertiary alicyclic amines) is 1. The first-order chi connectivity index (χ1) is 12.5. The molecule has 0 radical (unpaired) electrons. The molecule has 0 atom stereocenters. The van der Waals surface area contributed by atoms with Gasteiger partial charge in [-0.2, -0.15) is 13.2 Å². The number of benzene rings is 1. The molecule has 0 spiro atoms. The molecular formula is C19H19F3N4. The second kappa shape index (κ2) is 6.72. The van der Waals surface area contributed by atoms with Gasteiger partial charge in [0.2, 0.25) is 5.82 Å². The molecule has 0 saturated carbocycles. The van der Waals surface area contributed by atoms with Crippen LogP contribution < -0.4 is 0 Å². The first-order valence-corrected chi connectivity index (χ1v) is 8.69. The van der Waals surface area contributed by atoms with Crippen LogP contribution in [0.4, 0.5) is 13.2 Å². The molecule has 2 aromatic heterocycles. The number of piperidine rings is 1. The minimum atomic E-state index is -4.48. The Kier molecular flexibility index (Phi) is 4.40. The highest BCUT2D eigenvalue weighted by Gasteiger charge is 2.40. The molecule has 0 N–H and O–H groups in total. The second-order valence-corrected chi connectivity index (χ2v) is 6.64. The molecule has 3 aromatic rings. The Morgan fingerprint density at radius 1 is 1.00 bits per heavy atom. The van der Waals surface area contributed by atoms with Gasteiger partial charge >= 0.3 is 6.18 Å². The first-order valence-electron chi connectivity index (χ1n) is 8.69. The van der Waals surface area contributed by atoms with Gasteiger partial charge in [0, 0.05) is 31.9 Å². The van der Waals surface area contributed by atoms with Crippen LogP contribution in [0.3, 0.4) is 0 Å². The average Bonchev–Trinajstić information content (AvgIpc) is 3.03. The molecular weight excluding hydrogens is 341 g/mol. The fourth-order valence-corrected chi connectivity index (χ4v) is 3.65. The van der Waals surface area contributed by atoms with E-state index in [1.807, 2.05) is 18.2 Å². The quantitative estimate of drug-likeness (QED) is 0.699. The molecule has 3 heterocycles. The van der Waals surface area contributed by atoms with Crippen molar-refractivity contribution in [1.82, 2.24) is 19.4 Å². The molecule has 1 saturated heterocycles. The molecule has 1 fully saturated rings. The Bertz CT molecular complexity index is 881. The SMILES string of the molecule is FC(F)(F)c1nc2cccnc2n1C1CCN(Cc2ccccc2)CC1. The van der Waals surface area contributed by atoms with Crippen LogP contribution in [0.1, 0.15) is 30.3 Å². The summed E-state index contributed by atoms with van der Waals surface area (Å²) in [6.45, 7) is 2.33. The Hall–Kier alpha value is -2.41. The van der Waals surface area contributed by atoms with E-state index >= 15 is 0 Å². The van der Waals surface area contributed by atoms with Crippen LogP contribution >= 0.6 is 0 Å². The van der Waals surface area contributed by atoms with Gasteiger partial charge in [-0.05, 0) is 30.5 Å². The summed E-state index contributed by atoms with van der Waals surface area (Å²) in [5.41, 5.74) is 1.84. The number of rotatable bonds is 3. The van der Waals surface area contributed by atoms with Crippen LogP contribution in [0.2, 0.25) is 0 Å². The third-order valence-electron chi connectivity index (χ3n) is 4.87. The minimum absolute atomic E-state index is 0.237. The maximum absolute atomic E-state index is 13.5. The highest BCUT2D eigenvalue weighted by atomic mass is 19.4. The predicted octanol–water partition coefficient (Wildman–Crippen LogP) is 4.29. The van der Waals surface area contributed by atoms with Crippen molar-refractivity contribution < 1.29 is 13.2 Å². The lowest BCUT2D eigenvalue weighted by Crippen LogP contribution is -2.35. The van der Waals surface area contributed by atoms with Gasteiger partial charge < -0.3 is 4.57 Å². The monoisotopic (exact) mass is 360 g/mol. The normalized spacial score (nSPS) is 17.0. The molecule has 0 amide bonds. The Morgan fingerprint density at radius 2 is 1.73 bits per heavy atom. The smallest absolute Gasteiger partial charge is 0.302 e. The van der Waals surface area contributed by atoms with E-state index in [1.165, 1.54) is 16.3 Å². The van der Waals surface area contributed by atoms with E-state index in [9.17, 15) is 13.2 Å². The Labute approximate surface area is 149 Å². The summed E-state index contributed by atoms with van der Waals surface area (Å²) in [6.07, 6.45) is -1.66. The molecule has 0 unspecified atom stereocenters. The standard InChI is InChI=1S/C19H19F3N4/c20-19(21,22)18-24-16-7-4-10-23-17(16)26(18)15-8-11-25(12-9-15)13-14-5-2-1-3-6-14/h1-7,10,15H,8-9,11-13H2. The lowest BCUT2D eigenvalue weighted by Gasteiger charge is -2.33. The van der Waals surface area contributed by atoms with E-state index in [2.05, 4.69) is 27.0 Å². The topological polar surface area (TPSA) is 34.0 Å². The van der Waals surface area contributed by atoms with Gasteiger partial charge in [-0.1, -0.05) is 30.3 Å². The number of fused-ring (bicyclic) bond motifs is 1. The van der Waals surface area contributed by atoms with E-state index < -0.39 is 12.0 Å². The van der Waals surface area contributed by atoms with Crippen molar-refractivity contribution >= 4 is 11.2 Å². The Balaban J connectivity index is 1.56. The number of aromatic nitrogens is 3. The number of alkyl halides is 3. The number of imidazole rings is 1. The van der Waals surface area contributed by atoms with Gasteiger partial charge in [-0.3, -0.25) is 4.90 Å². The summed E-state index contributed by atoms with van der Waals surface area (Å²) >= 11 is 0. The first kappa shape index (κ1) is 17.0. The van der Waals surface area contributed by atoms with E-state index in [0.29, 0.717) is 24.0 Å². The van der Waals surface area contributed by atoms with Crippen molar-refractivity contribution in [2.24, 2.45) is 0 Å². The number of pyridine rings is 1. The fourth-order valence-electron chi connectivity index (χ4n) is 3.65. The van der Waals surface area contributed by atoms with E-state index in [1.54, 1.807) is 12.1 Å². The summed E-state index contributed by atoms with van der Waals surface area (Å²) in [4.78, 5) is 10.3.